The van der Waals surface area contributed by atoms with Gasteiger partial charge in [-0.25, -0.2) is 0 Å². The molecule has 1 aliphatic carbocycles. The van der Waals surface area contributed by atoms with Gasteiger partial charge in [0.15, 0.2) is 0 Å². The summed E-state index contributed by atoms with van der Waals surface area (Å²) in [5.74, 6) is -1.70. The number of hydrogen-bond donors (Lipinski definition) is 1. The van der Waals surface area contributed by atoms with Crippen molar-refractivity contribution >= 4 is 23.1 Å². The molecule has 1 rings (SSSR count). The van der Waals surface area contributed by atoms with E-state index < -0.39 is 12.1 Å². The molecule has 0 heterocycles. The number of rotatable bonds is 4. The molecule has 110 valence electrons. The molecule has 2 atom stereocenters. The van der Waals surface area contributed by atoms with Crippen LogP contribution in [-0.2, 0) is 4.79 Å². The number of halogens is 3. The predicted octanol–water partition coefficient (Wildman–Crippen LogP) is 2.63. The lowest BCUT2D eigenvalue weighted by Crippen LogP contribution is -2.51. The highest BCUT2D eigenvalue weighted by atomic mass is 32.1. The van der Waals surface area contributed by atoms with Gasteiger partial charge < -0.3 is 10.6 Å². The van der Waals surface area contributed by atoms with Crippen molar-refractivity contribution in [3.63, 3.8) is 0 Å². The first kappa shape index (κ1) is 16.2. The van der Waals surface area contributed by atoms with Crippen LogP contribution in [0.1, 0.15) is 39.0 Å². The fourth-order valence-electron chi connectivity index (χ4n) is 2.57. The summed E-state index contributed by atoms with van der Waals surface area (Å²) in [6.07, 6.45) is -1.40. The minimum Gasteiger partial charge on any atom is -0.393 e. The zero-order valence-corrected chi connectivity index (χ0v) is 11.7. The molecular weight excluding hydrogens is 277 g/mol. The number of nitrogens with zero attached hydrogens (tertiary/aromatic N) is 1. The molecule has 0 saturated heterocycles. The highest BCUT2D eigenvalue weighted by Crippen LogP contribution is 2.31. The van der Waals surface area contributed by atoms with Gasteiger partial charge in [0.25, 0.3) is 0 Å². The molecule has 3 nitrogen and oxygen atoms in total. The second-order valence-electron chi connectivity index (χ2n) is 5.04. The van der Waals surface area contributed by atoms with Crippen LogP contribution in [0.15, 0.2) is 0 Å². The molecule has 2 unspecified atom stereocenters. The number of amides is 1. The molecule has 2 N–H and O–H groups in total. The summed E-state index contributed by atoms with van der Waals surface area (Å²) in [6, 6.07) is -0.364. The largest absolute Gasteiger partial charge is 0.471 e. The van der Waals surface area contributed by atoms with Gasteiger partial charge in [0.05, 0.1) is 4.99 Å². The monoisotopic (exact) mass is 296 g/mol. The summed E-state index contributed by atoms with van der Waals surface area (Å²) in [7, 11) is 0. The molecule has 7 heteroatoms. The molecule has 19 heavy (non-hydrogen) atoms. The van der Waals surface area contributed by atoms with E-state index >= 15 is 0 Å². The summed E-state index contributed by atoms with van der Waals surface area (Å²) in [6.45, 7) is 1.84. The Bertz CT molecular complexity index is 346. The Morgan fingerprint density at radius 2 is 1.95 bits per heavy atom. The van der Waals surface area contributed by atoms with Crippen LogP contribution >= 0.6 is 12.2 Å². The average Bonchev–Trinajstić information content (AvgIpc) is 2.29. The number of nitrogens with two attached hydrogens (primary N) is 1. The molecular formula is C12H19F3N2OS. The summed E-state index contributed by atoms with van der Waals surface area (Å²) in [5, 5.41) is 0. The maximum Gasteiger partial charge on any atom is 0.471 e. The van der Waals surface area contributed by atoms with E-state index in [1.165, 1.54) is 0 Å². The maximum atomic E-state index is 12.7. The summed E-state index contributed by atoms with van der Waals surface area (Å²) >= 11 is 4.68. The van der Waals surface area contributed by atoms with E-state index in [-0.39, 0.29) is 29.9 Å². The number of hydrogen-bond acceptors (Lipinski definition) is 2. The van der Waals surface area contributed by atoms with Crippen LogP contribution in [-0.4, -0.2) is 34.6 Å². The zero-order chi connectivity index (χ0) is 14.6. The van der Waals surface area contributed by atoms with Gasteiger partial charge in [-0.05, 0) is 18.8 Å². The van der Waals surface area contributed by atoms with Gasteiger partial charge in [-0.15, -0.1) is 0 Å². The van der Waals surface area contributed by atoms with E-state index in [0.717, 1.165) is 24.2 Å². The van der Waals surface area contributed by atoms with Crippen molar-refractivity contribution in [3.05, 3.63) is 0 Å². The SMILES string of the molecule is CC1CCCCC1N(CCC(N)=S)C(=O)C(F)(F)F. The molecule has 1 aliphatic rings. The molecule has 0 aliphatic heterocycles. The van der Waals surface area contributed by atoms with Crippen LogP contribution in [0.25, 0.3) is 0 Å². The molecule has 1 amide bonds. The third-order valence-electron chi connectivity index (χ3n) is 3.57. The second-order valence-corrected chi connectivity index (χ2v) is 5.57. The number of carbonyl (C=O) groups excluding carboxylic acids is 1. The molecule has 1 fully saturated rings. The molecule has 1 saturated carbocycles. The number of thiocarbonyl (C=S) groups is 1. The molecule has 0 radical (unpaired) electrons. The number of alkyl halides is 3. The van der Waals surface area contributed by atoms with Crippen LogP contribution in [0.3, 0.4) is 0 Å². The fraction of sp³-hybridized carbons (Fsp3) is 0.833. The Hall–Kier alpha value is -0.850. The first-order chi connectivity index (χ1) is 8.73. The molecule has 0 bridgehead atoms. The minimum absolute atomic E-state index is 0.0529. The fourth-order valence-corrected chi connectivity index (χ4v) is 2.66. The van der Waals surface area contributed by atoms with E-state index in [1.807, 2.05) is 6.92 Å². The Kier molecular flexibility index (Phi) is 5.58. The quantitative estimate of drug-likeness (QED) is 0.811. The third kappa shape index (κ3) is 4.63. The number of carbonyl (C=O) groups is 1. The summed E-state index contributed by atoms with van der Waals surface area (Å²) < 4.78 is 38.0. The van der Waals surface area contributed by atoms with E-state index in [0.29, 0.717) is 6.42 Å². The van der Waals surface area contributed by atoms with Crippen LogP contribution in [0.5, 0.6) is 0 Å². The predicted molar refractivity (Wildman–Crippen MR) is 70.6 cm³/mol. The Labute approximate surface area is 116 Å². The van der Waals surface area contributed by atoms with Crippen molar-refractivity contribution < 1.29 is 18.0 Å². The standard InChI is InChI=1S/C12H19F3N2OS/c1-8-4-2-3-5-9(8)17(7-6-10(16)19)11(18)12(13,14)15/h8-9H,2-7H2,1H3,(H2,16,19). The lowest BCUT2D eigenvalue weighted by Gasteiger charge is -2.38. The smallest absolute Gasteiger partial charge is 0.393 e. The van der Waals surface area contributed by atoms with Gasteiger partial charge in [-0.2, -0.15) is 13.2 Å². The maximum absolute atomic E-state index is 12.7. The minimum atomic E-state index is -4.84. The third-order valence-corrected chi connectivity index (χ3v) is 3.77. The average molecular weight is 296 g/mol. The molecule has 0 aromatic carbocycles. The molecule has 0 spiro atoms. The summed E-state index contributed by atoms with van der Waals surface area (Å²) in [4.78, 5) is 12.6. The first-order valence-electron chi connectivity index (χ1n) is 6.39. The van der Waals surface area contributed by atoms with E-state index in [1.54, 1.807) is 0 Å². The van der Waals surface area contributed by atoms with Crippen LogP contribution < -0.4 is 5.73 Å². The van der Waals surface area contributed by atoms with Gasteiger partial charge in [-0.1, -0.05) is 32.0 Å². The zero-order valence-electron chi connectivity index (χ0n) is 10.9. The lowest BCUT2D eigenvalue weighted by atomic mass is 9.84. The van der Waals surface area contributed by atoms with Crippen LogP contribution in [0.2, 0.25) is 0 Å². The second kappa shape index (κ2) is 6.54. The molecule has 0 aromatic heterocycles. The van der Waals surface area contributed by atoms with Crippen molar-refractivity contribution in [2.45, 2.75) is 51.2 Å². The van der Waals surface area contributed by atoms with Crippen molar-refractivity contribution in [2.24, 2.45) is 11.7 Å². The van der Waals surface area contributed by atoms with Gasteiger partial charge >= 0.3 is 12.1 Å². The highest BCUT2D eigenvalue weighted by Gasteiger charge is 2.45. The summed E-state index contributed by atoms with van der Waals surface area (Å²) in [5.41, 5.74) is 5.33. The van der Waals surface area contributed by atoms with Gasteiger partial charge in [-0.3, -0.25) is 4.79 Å². The van der Waals surface area contributed by atoms with Crippen LogP contribution in [0, 0.1) is 5.92 Å². The Balaban J connectivity index is 2.84. The highest BCUT2D eigenvalue weighted by molar-refractivity contribution is 7.80. The Morgan fingerprint density at radius 1 is 1.37 bits per heavy atom. The van der Waals surface area contributed by atoms with Crippen molar-refractivity contribution in [2.75, 3.05) is 6.54 Å². The van der Waals surface area contributed by atoms with Crippen LogP contribution in [0.4, 0.5) is 13.2 Å². The first-order valence-corrected chi connectivity index (χ1v) is 6.80. The van der Waals surface area contributed by atoms with Crippen molar-refractivity contribution in [3.8, 4) is 0 Å². The van der Waals surface area contributed by atoms with Gasteiger partial charge in [0.1, 0.15) is 0 Å². The van der Waals surface area contributed by atoms with E-state index in [9.17, 15) is 18.0 Å². The van der Waals surface area contributed by atoms with Gasteiger partial charge in [0, 0.05) is 19.0 Å². The lowest BCUT2D eigenvalue weighted by molar-refractivity contribution is -0.189. The topological polar surface area (TPSA) is 46.3 Å². The van der Waals surface area contributed by atoms with E-state index in [4.69, 9.17) is 5.73 Å². The van der Waals surface area contributed by atoms with Crippen molar-refractivity contribution in [1.82, 2.24) is 4.90 Å². The Morgan fingerprint density at radius 3 is 2.42 bits per heavy atom. The van der Waals surface area contributed by atoms with Gasteiger partial charge in [0.2, 0.25) is 0 Å². The van der Waals surface area contributed by atoms with Crippen molar-refractivity contribution in [1.29, 1.82) is 0 Å². The van der Waals surface area contributed by atoms with E-state index in [2.05, 4.69) is 12.2 Å². The molecule has 0 aromatic rings. The normalized spacial score (nSPS) is 24.0.